The Morgan fingerprint density at radius 2 is 1.38 bits per heavy atom. The van der Waals surface area contributed by atoms with Crippen LogP contribution in [0.25, 0.3) is 11.1 Å². The lowest BCUT2D eigenvalue weighted by Gasteiger charge is -2.06. The Morgan fingerprint density at radius 3 is 1.91 bits per heavy atom. The van der Waals surface area contributed by atoms with Crippen LogP contribution in [0.2, 0.25) is 0 Å². The molecule has 0 aliphatic heterocycles. The van der Waals surface area contributed by atoms with Crippen LogP contribution in [-0.2, 0) is 9.53 Å². The number of fused-ring (bicyclic) bond motifs is 3. The fourth-order valence-electron chi connectivity index (χ4n) is 3.64. The summed E-state index contributed by atoms with van der Waals surface area (Å²) in [6.45, 7) is 2.43. The topological polar surface area (TPSA) is 77.3 Å². The molecule has 0 bridgehead atoms. The molecule has 0 atom stereocenters. The number of Topliss-reactive ketones (excluding diaryl/α,β-unsaturated/α-hetero) is 1. The Labute approximate surface area is 186 Å². The molecule has 0 heterocycles. The number of ether oxygens (including phenoxy) is 2. The summed E-state index contributed by atoms with van der Waals surface area (Å²) in [7, 11) is 1.26. The van der Waals surface area contributed by atoms with E-state index in [1.807, 2.05) is 55.5 Å². The predicted molar refractivity (Wildman–Crippen MR) is 124 cm³/mol. The predicted octanol–water partition coefficient (Wildman–Crippen LogP) is 4.71. The monoisotopic (exact) mass is 426 g/mol. The van der Waals surface area contributed by atoms with Crippen LogP contribution >= 0.6 is 0 Å². The van der Waals surface area contributed by atoms with E-state index in [1.54, 1.807) is 24.3 Å². The van der Waals surface area contributed by atoms with Crippen LogP contribution in [0, 0.1) is 0 Å². The van der Waals surface area contributed by atoms with Crippen molar-refractivity contribution in [1.29, 1.82) is 0 Å². The number of esters is 1. The number of rotatable bonds is 7. The minimum Gasteiger partial charge on any atom is -0.494 e. The van der Waals surface area contributed by atoms with Crippen molar-refractivity contribution in [1.82, 2.24) is 0 Å². The van der Waals surface area contributed by atoms with Gasteiger partial charge < -0.3 is 9.47 Å². The second kappa shape index (κ2) is 9.39. The minimum absolute atomic E-state index is 0.0549. The lowest BCUT2D eigenvalue weighted by Crippen LogP contribution is -2.20. The molecule has 6 heteroatoms. The summed E-state index contributed by atoms with van der Waals surface area (Å²) in [5.74, 6) is -0.270. The van der Waals surface area contributed by atoms with Gasteiger partial charge in [0, 0.05) is 16.7 Å². The molecule has 6 nitrogen and oxygen atoms in total. The number of hydrogen-bond donors (Lipinski definition) is 0. The van der Waals surface area contributed by atoms with Gasteiger partial charge in [0.05, 0.1) is 20.1 Å². The van der Waals surface area contributed by atoms with E-state index < -0.39 is 5.97 Å². The van der Waals surface area contributed by atoms with E-state index in [-0.39, 0.29) is 17.9 Å². The van der Waals surface area contributed by atoms with Crippen molar-refractivity contribution in [3.8, 4) is 16.9 Å². The van der Waals surface area contributed by atoms with Gasteiger partial charge in [0.1, 0.15) is 11.5 Å². The van der Waals surface area contributed by atoms with Gasteiger partial charge in [-0.05, 0) is 42.3 Å². The zero-order chi connectivity index (χ0) is 22.5. The SMILES string of the molecule is CCOc1ccc(C(=O)CC(=NN=C2c3ccccc3-c3ccccc32)C(=O)OC)cc1. The molecule has 4 rings (SSSR count). The van der Waals surface area contributed by atoms with Gasteiger partial charge in [-0.3, -0.25) is 4.79 Å². The minimum atomic E-state index is -0.687. The number of nitrogens with zero attached hydrogens (tertiary/aromatic N) is 2. The summed E-state index contributed by atoms with van der Waals surface area (Å²) in [4.78, 5) is 25.1. The Balaban J connectivity index is 1.65. The standard InChI is InChI=1S/C26H22N2O4/c1-3-32-18-14-12-17(13-15-18)24(29)16-23(26(30)31-2)27-28-25-21-10-6-4-8-19(21)20-9-5-7-11-22(20)25/h4-15H,3,16H2,1-2H3. The number of benzene rings is 3. The van der Waals surface area contributed by atoms with Gasteiger partial charge >= 0.3 is 5.97 Å². The third kappa shape index (κ3) is 4.21. The zero-order valence-electron chi connectivity index (χ0n) is 17.9. The highest BCUT2D eigenvalue weighted by molar-refractivity contribution is 6.40. The van der Waals surface area contributed by atoms with Crippen LogP contribution in [0.3, 0.4) is 0 Å². The average molecular weight is 426 g/mol. The molecule has 0 saturated carbocycles. The van der Waals surface area contributed by atoms with Crippen molar-refractivity contribution >= 4 is 23.2 Å². The van der Waals surface area contributed by atoms with Gasteiger partial charge in [0.15, 0.2) is 11.5 Å². The average Bonchev–Trinajstić information content (AvgIpc) is 3.15. The quantitative estimate of drug-likeness (QED) is 0.186. The largest absolute Gasteiger partial charge is 0.494 e. The maximum Gasteiger partial charge on any atom is 0.354 e. The van der Waals surface area contributed by atoms with Crippen LogP contribution in [0.5, 0.6) is 5.75 Å². The van der Waals surface area contributed by atoms with Crippen molar-refractivity contribution in [2.24, 2.45) is 10.2 Å². The zero-order valence-corrected chi connectivity index (χ0v) is 17.9. The summed E-state index contributed by atoms with van der Waals surface area (Å²) in [5, 5.41) is 8.56. The number of hydrogen-bond acceptors (Lipinski definition) is 6. The molecule has 0 N–H and O–H groups in total. The van der Waals surface area contributed by atoms with Crippen molar-refractivity contribution in [3.05, 3.63) is 89.5 Å². The van der Waals surface area contributed by atoms with Crippen molar-refractivity contribution in [2.45, 2.75) is 13.3 Å². The Hall–Kier alpha value is -4.06. The Kier molecular flexibility index (Phi) is 6.22. The van der Waals surface area contributed by atoms with Crippen molar-refractivity contribution in [3.63, 3.8) is 0 Å². The molecule has 3 aromatic rings. The normalized spacial score (nSPS) is 12.1. The molecule has 0 radical (unpaired) electrons. The van der Waals surface area contributed by atoms with E-state index in [0.29, 0.717) is 23.6 Å². The molecule has 3 aromatic carbocycles. The molecule has 1 aliphatic rings. The Bertz CT molecular complexity index is 1180. The summed E-state index contributed by atoms with van der Waals surface area (Å²) in [6, 6.07) is 22.6. The molecule has 1 aliphatic carbocycles. The van der Waals surface area contributed by atoms with Gasteiger partial charge in [-0.25, -0.2) is 4.79 Å². The maximum atomic E-state index is 12.8. The first kappa shape index (κ1) is 21.2. The van der Waals surface area contributed by atoms with Crippen molar-refractivity contribution in [2.75, 3.05) is 13.7 Å². The smallest absolute Gasteiger partial charge is 0.354 e. The lowest BCUT2D eigenvalue weighted by molar-refractivity contribution is -0.132. The van der Waals surface area contributed by atoms with E-state index in [9.17, 15) is 9.59 Å². The highest BCUT2D eigenvalue weighted by Crippen LogP contribution is 2.36. The third-order valence-corrected chi connectivity index (χ3v) is 5.16. The van der Waals surface area contributed by atoms with E-state index in [2.05, 4.69) is 10.2 Å². The molecule has 0 amide bonds. The van der Waals surface area contributed by atoms with Gasteiger partial charge in [-0.1, -0.05) is 48.5 Å². The first-order valence-electron chi connectivity index (χ1n) is 10.3. The number of methoxy groups -OCH3 is 1. The first-order chi connectivity index (χ1) is 15.6. The molecular weight excluding hydrogens is 404 g/mol. The van der Waals surface area contributed by atoms with Gasteiger partial charge in [0.2, 0.25) is 0 Å². The van der Waals surface area contributed by atoms with E-state index in [0.717, 1.165) is 22.3 Å². The molecular formula is C26H22N2O4. The number of carbonyl (C=O) groups is 2. The van der Waals surface area contributed by atoms with Crippen LogP contribution in [0.1, 0.15) is 34.8 Å². The fraction of sp³-hybridized carbons (Fsp3) is 0.154. The molecule has 0 saturated heterocycles. The van der Waals surface area contributed by atoms with Gasteiger partial charge in [-0.15, -0.1) is 10.2 Å². The summed E-state index contributed by atoms with van der Waals surface area (Å²) in [6.07, 6.45) is -0.221. The summed E-state index contributed by atoms with van der Waals surface area (Å²) >= 11 is 0. The maximum absolute atomic E-state index is 12.8. The van der Waals surface area contributed by atoms with Crippen molar-refractivity contribution < 1.29 is 19.1 Å². The van der Waals surface area contributed by atoms with Crippen LogP contribution in [0.15, 0.2) is 83.0 Å². The Morgan fingerprint density at radius 1 is 0.812 bits per heavy atom. The molecule has 160 valence electrons. The second-order valence-electron chi connectivity index (χ2n) is 7.14. The molecule has 32 heavy (non-hydrogen) atoms. The highest BCUT2D eigenvalue weighted by Gasteiger charge is 2.25. The van der Waals surface area contributed by atoms with E-state index >= 15 is 0 Å². The molecule has 0 aromatic heterocycles. The molecule has 0 spiro atoms. The highest BCUT2D eigenvalue weighted by atomic mass is 16.5. The van der Waals surface area contributed by atoms with Crippen LogP contribution in [-0.4, -0.2) is 36.9 Å². The molecule has 0 unspecified atom stereocenters. The van der Waals surface area contributed by atoms with Crippen LogP contribution in [0.4, 0.5) is 0 Å². The summed E-state index contributed by atoms with van der Waals surface area (Å²) < 4.78 is 10.2. The lowest BCUT2D eigenvalue weighted by atomic mass is 10.1. The number of carbonyl (C=O) groups excluding carboxylic acids is 2. The number of ketones is 1. The second-order valence-corrected chi connectivity index (χ2v) is 7.14. The van der Waals surface area contributed by atoms with Gasteiger partial charge in [-0.2, -0.15) is 0 Å². The van der Waals surface area contributed by atoms with E-state index in [1.165, 1.54) is 7.11 Å². The summed E-state index contributed by atoms with van der Waals surface area (Å²) in [5.41, 5.74) is 5.03. The third-order valence-electron chi connectivity index (χ3n) is 5.16. The first-order valence-corrected chi connectivity index (χ1v) is 10.3. The molecule has 0 fully saturated rings. The van der Waals surface area contributed by atoms with Gasteiger partial charge in [0.25, 0.3) is 0 Å². The fourth-order valence-corrected chi connectivity index (χ4v) is 3.64. The van der Waals surface area contributed by atoms with E-state index in [4.69, 9.17) is 9.47 Å². The van der Waals surface area contributed by atoms with Crippen LogP contribution < -0.4 is 4.74 Å².